The summed E-state index contributed by atoms with van der Waals surface area (Å²) in [5.74, 6) is -1.17. The normalized spacial score (nSPS) is 10.1. The molecule has 2 rings (SSSR count). The molecule has 0 fully saturated rings. The van der Waals surface area contributed by atoms with Crippen LogP contribution in [0.4, 0.5) is 0 Å². The van der Waals surface area contributed by atoms with E-state index >= 15 is 0 Å². The van der Waals surface area contributed by atoms with E-state index in [1.165, 1.54) is 22.7 Å². The highest BCUT2D eigenvalue weighted by molar-refractivity contribution is 7.07. The minimum atomic E-state index is -0.587. The van der Waals surface area contributed by atoms with Gasteiger partial charge in [-0.1, -0.05) is 0 Å². The van der Waals surface area contributed by atoms with Gasteiger partial charge in [-0.25, -0.2) is 9.97 Å². The summed E-state index contributed by atoms with van der Waals surface area (Å²) in [6.45, 7) is 0. The third-order valence-electron chi connectivity index (χ3n) is 1.85. The maximum Gasteiger partial charge on any atom is 0.319 e. The van der Waals surface area contributed by atoms with Gasteiger partial charge in [0.1, 0.15) is 0 Å². The molecule has 0 radical (unpaired) electrons. The molecule has 0 aliphatic carbocycles. The lowest BCUT2D eigenvalue weighted by atomic mass is 10.3. The highest BCUT2D eigenvalue weighted by Crippen LogP contribution is 2.05. The van der Waals surface area contributed by atoms with Gasteiger partial charge >= 0.3 is 11.9 Å². The maximum absolute atomic E-state index is 11.4. The highest BCUT2D eigenvalue weighted by atomic mass is 32.1. The van der Waals surface area contributed by atoms with Gasteiger partial charge in [0.05, 0.1) is 35.3 Å². The van der Waals surface area contributed by atoms with Gasteiger partial charge in [-0.05, 0) is 0 Å². The van der Waals surface area contributed by atoms with Gasteiger partial charge in [0.25, 0.3) is 0 Å². The van der Waals surface area contributed by atoms with E-state index in [1.54, 1.807) is 21.8 Å². The maximum atomic E-state index is 11.4. The van der Waals surface area contributed by atoms with Crippen LogP contribution in [0.5, 0.6) is 0 Å². The van der Waals surface area contributed by atoms with E-state index in [9.17, 15) is 9.59 Å². The van der Waals surface area contributed by atoms with Crippen molar-refractivity contribution in [2.45, 2.75) is 12.8 Å². The number of hydrogen-bond acceptors (Lipinski definition) is 7. The zero-order valence-electron chi connectivity index (χ0n) is 8.66. The van der Waals surface area contributed by atoms with E-state index in [4.69, 9.17) is 0 Å². The Labute approximate surface area is 105 Å². The summed E-state index contributed by atoms with van der Waals surface area (Å²) >= 11 is 2.78. The standard InChI is InChI=1S/C10H8N2O3S2/c13-9(1-7-3-16-5-11-7)15-10(14)2-8-4-17-6-12-8/h3-6H,1-2H2. The first kappa shape index (κ1) is 11.9. The van der Waals surface area contributed by atoms with Gasteiger partial charge in [0.15, 0.2) is 0 Å². The van der Waals surface area contributed by atoms with Crippen LogP contribution in [0.3, 0.4) is 0 Å². The van der Waals surface area contributed by atoms with Crippen molar-refractivity contribution in [3.63, 3.8) is 0 Å². The summed E-state index contributed by atoms with van der Waals surface area (Å²) in [5.41, 5.74) is 4.47. The number of nitrogens with zero attached hydrogens (tertiary/aromatic N) is 2. The molecule has 88 valence electrons. The topological polar surface area (TPSA) is 69.2 Å². The summed E-state index contributed by atoms with van der Waals surface area (Å²) in [4.78, 5) is 30.6. The predicted octanol–water partition coefficient (Wildman–Crippen LogP) is 1.45. The van der Waals surface area contributed by atoms with Crippen LogP contribution in [0.1, 0.15) is 11.4 Å². The summed E-state index contributed by atoms with van der Waals surface area (Å²) in [6.07, 6.45) is 0.0403. The van der Waals surface area contributed by atoms with Crippen molar-refractivity contribution in [2.75, 3.05) is 0 Å². The van der Waals surface area contributed by atoms with Crippen LogP contribution >= 0.6 is 22.7 Å². The number of thiazole rings is 2. The van der Waals surface area contributed by atoms with Crippen LogP contribution in [-0.4, -0.2) is 21.9 Å². The SMILES string of the molecule is O=C(Cc1cscn1)OC(=O)Cc1cscn1. The Morgan fingerprint density at radius 3 is 1.82 bits per heavy atom. The average Bonchev–Trinajstić information content (AvgIpc) is 2.90. The van der Waals surface area contributed by atoms with Crippen molar-refractivity contribution in [3.05, 3.63) is 33.2 Å². The lowest BCUT2D eigenvalue weighted by molar-refractivity contribution is -0.158. The zero-order valence-corrected chi connectivity index (χ0v) is 10.3. The molecule has 0 amide bonds. The van der Waals surface area contributed by atoms with Crippen molar-refractivity contribution < 1.29 is 14.3 Å². The summed E-state index contributed by atoms with van der Waals surface area (Å²) in [5, 5.41) is 3.48. The van der Waals surface area contributed by atoms with Crippen molar-refractivity contribution in [3.8, 4) is 0 Å². The molecule has 0 bridgehead atoms. The fraction of sp³-hybridized carbons (Fsp3) is 0.200. The van der Waals surface area contributed by atoms with Gasteiger partial charge < -0.3 is 4.74 Å². The monoisotopic (exact) mass is 268 g/mol. The Balaban J connectivity index is 1.80. The molecule has 2 aromatic rings. The quantitative estimate of drug-likeness (QED) is 0.620. The molecule has 0 spiro atoms. The van der Waals surface area contributed by atoms with E-state index in [-0.39, 0.29) is 12.8 Å². The van der Waals surface area contributed by atoms with E-state index in [0.717, 1.165) is 0 Å². The lowest BCUT2D eigenvalue weighted by Crippen LogP contribution is -2.16. The van der Waals surface area contributed by atoms with Crippen LogP contribution < -0.4 is 0 Å². The van der Waals surface area contributed by atoms with Gasteiger partial charge in [0.2, 0.25) is 0 Å². The molecule has 0 saturated heterocycles. The van der Waals surface area contributed by atoms with Crippen molar-refractivity contribution >= 4 is 34.6 Å². The number of rotatable bonds is 4. The molecule has 0 unspecified atom stereocenters. The molecule has 0 saturated carbocycles. The molecule has 2 heterocycles. The van der Waals surface area contributed by atoms with E-state index in [2.05, 4.69) is 14.7 Å². The fourth-order valence-electron chi connectivity index (χ4n) is 1.14. The number of esters is 2. The van der Waals surface area contributed by atoms with Crippen LogP contribution in [-0.2, 0) is 27.2 Å². The smallest absolute Gasteiger partial charge is 0.319 e. The third kappa shape index (κ3) is 3.72. The Bertz CT molecular complexity index is 447. The molecule has 7 heteroatoms. The Hall–Kier alpha value is -1.60. The molecule has 0 aromatic carbocycles. The number of aromatic nitrogens is 2. The van der Waals surface area contributed by atoms with Crippen molar-refractivity contribution in [1.82, 2.24) is 9.97 Å². The van der Waals surface area contributed by atoms with Crippen molar-refractivity contribution in [1.29, 1.82) is 0 Å². The second-order valence-electron chi connectivity index (χ2n) is 3.16. The van der Waals surface area contributed by atoms with Gasteiger partial charge in [-0.3, -0.25) is 9.59 Å². The predicted molar refractivity (Wildman–Crippen MR) is 62.7 cm³/mol. The summed E-state index contributed by atoms with van der Waals surface area (Å²) in [6, 6.07) is 0. The minimum Gasteiger partial charge on any atom is -0.393 e. The van der Waals surface area contributed by atoms with Gasteiger partial charge in [-0.2, -0.15) is 0 Å². The highest BCUT2D eigenvalue weighted by Gasteiger charge is 2.13. The summed E-state index contributed by atoms with van der Waals surface area (Å²) in [7, 11) is 0. The Morgan fingerprint density at radius 2 is 1.47 bits per heavy atom. The Morgan fingerprint density at radius 1 is 1.00 bits per heavy atom. The van der Waals surface area contributed by atoms with Crippen LogP contribution in [0.15, 0.2) is 21.8 Å². The second kappa shape index (κ2) is 5.65. The van der Waals surface area contributed by atoms with Gasteiger partial charge in [0, 0.05) is 10.8 Å². The number of carbonyl (C=O) groups excluding carboxylic acids is 2. The first-order chi connectivity index (χ1) is 8.24. The summed E-state index contributed by atoms with van der Waals surface area (Å²) < 4.78 is 4.65. The molecule has 2 aromatic heterocycles. The van der Waals surface area contributed by atoms with E-state index in [1.807, 2.05) is 0 Å². The first-order valence-corrected chi connectivity index (χ1v) is 6.60. The molecular formula is C10H8N2O3S2. The zero-order chi connectivity index (χ0) is 12.1. The first-order valence-electron chi connectivity index (χ1n) is 4.71. The average molecular weight is 268 g/mol. The lowest BCUT2D eigenvalue weighted by Gasteiger charge is -1.99. The van der Waals surface area contributed by atoms with Gasteiger partial charge in [-0.15, -0.1) is 22.7 Å². The molecular weight excluding hydrogens is 260 g/mol. The number of ether oxygens (including phenoxy) is 1. The molecule has 0 atom stereocenters. The van der Waals surface area contributed by atoms with Crippen LogP contribution in [0, 0.1) is 0 Å². The minimum absolute atomic E-state index is 0.0201. The van der Waals surface area contributed by atoms with Crippen LogP contribution in [0.2, 0.25) is 0 Å². The number of hydrogen-bond donors (Lipinski definition) is 0. The molecule has 5 nitrogen and oxygen atoms in total. The third-order valence-corrected chi connectivity index (χ3v) is 3.12. The number of carbonyl (C=O) groups is 2. The Kier molecular flexibility index (Phi) is 3.94. The molecule has 0 N–H and O–H groups in total. The van der Waals surface area contributed by atoms with E-state index < -0.39 is 11.9 Å². The molecule has 0 aliphatic heterocycles. The van der Waals surface area contributed by atoms with Crippen LogP contribution in [0.25, 0.3) is 0 Å². The largest absolute Gasteiger partial charge is 0.393 e. The van der Waals surface area contributed by atoms with Crippen molar-refractivity contribution in [2.24, 2.45) is 0 Å². The molecule has 17 heavy (non-hydrogen) atoms. The molecule has 0 aliphatic rings. The second-order valence-corrected chi connectivity index (χ2v) is 4.60. The van der Waals surface area contributed by atoms with E-state index in [0.29, 0.717) is 11.4 Å². The fourth-order valence-corrected chi connectivity index (χ4v) is 2.26.